The van der Waals surface area contributed by atoms with Crippen molar-refractivity contribution in [3.8, 4) is 11.1 Å². The first kappa shape index (κ1) is 34.6. The second kappa shape index (κ2) is 16.0. The summed E-state index contributed by atoms with van der Waals surface area (Å²) in [5, 5.41) is 9.59. The lowest BCUT2D eigenvalue weighted by Crippen LogP contribution is -2.43. The SMILES string of the molecule is C[C@H]1[C@@H](CN(C)CCc2ccccn2)O[C@@H](c2ccc(-c3cccc(CNS(=O)(=O)c4ccccc4)c3)cc2)O[C@H]1c1ccc(CO)cc1. The van der Waals surface area contributed by atoms with Gasteiger partial charge in [0.1, 0.15) is 0 Å². The van der Waals surface area contributed by atoms with Crippen LogP contribution in [0.25, 0.3) is 11.1 Å². The minimum absolute atomic E-state index is 0.00462. The third-order valence-electron chi connectivity index (χ3n) is 9.05. The molecule has 8 nitrogen and oxygen atoms in total. The van der Waals surface area contributed by atoms with Crippen molar-refractivity contribution in [3.05, 3.63) is 155 Å². The number of likely N-dealkylation sites (N-methyl/N-ethyl adjacent to an activating group) is 1. The summed E-state index contributed by atoms with van der Waals surface area (Å²) in [6.07, 6.45) is 1.82. The van der Waals surface area contributed by atoms with Crippen LogP contribution < -0.4 is 4.72 Å². The van der Waals surface area contributed by atoms with Crippen molar-refractivity contribution < 1.29 is 23.0 Å². The number of nitrogens with zero attached hydrogens (tertiary/aromatic N) is 2. The predicted octanol–water partition coefficient (Wildman–Crippen LogP) is 6.69. The molecule has 1 aliphatic rings. The van der Waals surface area contributed by atoms with Crippen molar-refractivity contribution in [2.45, 2.75) is 49.9 Å². The molecule has 1 aromatic heterocycles. The van der Waals surface area contributed by atoms with Gasteiger partial charge in [-0.2, -0.15) is 0 Å². The third-order valence-corrected chi connectivity index (χ3v) is 10.5. The van der Waals surface area contributed by atoms with E-state index in [1.807, 2.05) is 91.1 Å². The molecule has 6 rings (SSSR count). The van der Waals surface area contributed by atoms with Gasteiger partial charge in [0.05, 0.1) is 23.7 Å². The molecule has 0 aliphatic carbocycles. The molecule has 2 N–H and O–H groups in total. The Labute approximate surface area is 289 Å². The average molecular weight is 678 g/mol. The highest BCUT2D eigenvalue weighted by molar-refractivity contribution is 7.89. The molecule has 0 radical (unpaired) electrons. The molecule has 9 heteroatoms. The minimum atomic E-state index is -3.61. The first-order valence-corrected chi connectivity index (χ1v) is 18.1. The van der Waals surface area contributed by atoms with Crippen molar-refractivity contribution in [1.29, 1.82) is 0 Å². The Morgan fingerprint density at radius 3 is 2.24 bits per heavy atom. The molecule has 4 atom stereocenters. The molecule has 0 bridgehead atoms. The van der Waals surface area contributed by atoms with E-state index < -0.39 is 16.3 Å². The second-order valence-corrected chi connectivity index (χ2v) is 14.4. The van der Waals surface area contributed by atoms with E-state index in [4.69, 9.17) is 9.47 Å². The Kier molecular flexibility index (Phi) is 11.3. The molecule has 0 amide bonds. The zero-order valence-electron chi connectivity index (χ0n) is 27.9. The van der Waals surface area contributed by atoms with E-state index in [-0.39, 0.29) is 36.2 Å². The number of rotatable bonds is 13. The summed E-state index contributed by atoms with van der Waals surface area (Å²) in [5.74, 6) is 0.0786. The third kappa shape index (κ3) is 8.88. The van der Waals surface area contributed by atoms with Gasteiger partial charge in [0.15, 0.2) is 6.29 Å². The van der Waals surface area contributed by atoms with Crippen molar-refractivity contribution >= 4 is 10.0 Å². The van der Waals surface area contributed by atoms with Crippen LogP contribution in [0.3, 0.4) is 0 Å². The van der Waals surface area contributed by atoms with Gasteiger partial charge in [0, 0.05) is 49.4 Å². The van der Waals surface area contributed by atoms with Crippen LogP contribution in [0.15, 0.2) is 132 Å². The molecule has 1 saturated heterocycles. The number of nitrogens with one attached hydrogen (secondary N) is 1. The van der Waals surface area contributed by atoms with Gasteiger partial charge in [-0.25, -0.2) is 13.1 Å². The van der Waals surface area contributed by atoms with E-state index in [2.05, 4.69) is 34.6 Å². The molecule has 0 unspecified atom stereocenters. The van der Waals surface area contributed by atoms with E-state index in [1.165, 1.54) is 0 Å². The Balaban J connectivity index is 1.17. The minimum Gasteiger partial charge on any atom is -0.392 e. The summed E-state index contributed by atoms with van der Waals surface area (Å²) in [6.45, 7) is 3.94. The van der Waals surface area contributed by atoms with Gasteiger partial charge < -0.3 is 19.5 Å². The number of aliphatic hydroxyl groups excluding tert-OH is 1. The number of pyridine rings is 1. The van der Waals surface area contributed by atoms with E-state index >= 15 is 0 Å². The van der Waals surface area contributed by atoms with Crippen LogP contribution in [-0.2, 0) is 39.1 Å². The predicted molar refractivity (Wildman–Crippen MR) is 191 cm³/mol. The molecule has 2 heterocycles. The van der Waals surface area contributed by atoms with Gasteiger partial charge in [-0.15, -0.1) is 0 Å². The summed E-state index contributed by atoms with van der Waals surface area (Å²) in [7, 11) is -1.49. The topological polar surface area (TPSA) is 101 Å². The molecule has 4 aromatic carbocycles. The highest BCUT2D eigenvalue weighted by Gasteiger charge is 2.38. The lowest BCUT2D eigenvalue weighted by atomic mass is 9.90. The molecule has 5 aromatic rings. The fourth-order valence-corrected chi connectivity index (χ4v) is 7.17. The summed E-state index contributed by atoms with van der Waals surface area (Å²) in [6, 6.07) is 38.4. The Morgan fingerprint density at radius 1 is 0.796 bits per heavy atom. The molecule has 1 fully saturated rings. The van der Waals surface area contributed by atoms with Crippen molar-refractivity contribution in [2.75, 3.05) is 20.1 Å². The number of ether oxygens (including phenoxy) is 2. The van der Waals surface area contributed by atoms with Crippen LogP contribution in [0.5, 0.6) is 0 Å². The lowest BCUT2D eigenvalue weighted by molar-refractivity contribution is -0.275. The summed E-state index contributed by atoms with van der Waals surface area (Å²) in [4.78, 5) is 7.00. The van der Waals surface area contributed by atoms with Crippen LogP contribution in [0.1, 0.15) is 47.3 Å². The quantitative estimate of drug-likeness (QED) is 0.143. The van der Waals surface area contributed by atoms with E-state index in [0.717, 1.165) is 58.6 Å². The molecule has 0 spiro atoms. The van der Waals surface area contributed by atoms with Gasteiger partial charge in [-0.05, 0) is 65.2 Å². The van der Waals surface area contributed by atoms with Gasteiger partial charge in [0.2, 0.25) is 10.0 Å². The number of aliphatic hydroxyl groups is 1. The van der Waals surface area contributed by atoms with E-state index in [0.29, 0.717) is 0 Å². The highest BCUT2D eigenvalue weighted by Crippen LogP contribution is 2.42. The second-order valence-electron chi connectivity index (χ2n) is 12.6. The monoisotopic (exact) mass is 677 g/mol. The van der Waals surface area contributed by atoms with Crippen LogP contribution in [0, 0.1) is 5.92 Å². The average Bonchev–Trinajstić information content (AvgIpc) is 3.15. The molecule has 254 valence electrons. The Morgan fingerprint density at radius 2 is 1.53 bits per heavy atom. The van der Waals surface area contributed by atoms with Gasteiger partial charge >= 0.3 is 0 Å². The number of hydrogen-bond acceptors (Lipinski definition) is 7. The highest BCUT2D eigenvalue weighted by atomic mass is 32.2. The van der Waals surface area contributed by atoms with Gasteiger partial charge in [-0.3, -0.25) is 4.98 Å². The van der Waals surface area contributed by atoms with Crippen LogP contribution in [0.4, 0.5) is 0 Å². The Bertz CT molecular complexity index is 1890. The number of sulfonamides is 1. The zero-order valence-corrected chi connectivity index (χ0v) is 28.7. The molecule has 0 saturated carbocycles. The van der Waals surface area contributed by atoms with Crippen molar-refractivity contribution in [2.24, 2.45) is 5.92 Å². The fraction of sp³-hybridized carbons (Fsp3) is 0.275. The molecule has 49 heavy (non-hydrogen) atoms. The normalized spacial score (nSPS) is 19.6. The van der Waals surface area contributed by atoms with Crippen LogP contribution >= 0.6 is 0 Å². The molecular weight excluding hydrogens is 635 g/mol. The maximum atomic E-state index is 12.7. The molecular formula is C40H43N3O5S. The van der Waals surface area contributed by atoms with E-state index in [1.54, 1.807) is 30.3 Å². The number of hydrogen-bond donors (Lipinski definition) is 2. The Hall–Kier alpha value is -4.22. The van der Waals surface area contributed by atoms with Crippen LogP contribution in [0.2, 0.25) is 0 Å². The largest absolute Gasteiger partial charge is 0.392 e. The van der Waals surface area contributed by atoms with Gasteiger partial charge in [-0.1, -0.05) is 97.9 Å². The van der Waals surface area contributed by atoms with Gasteiger partial charge in [0.25, 0.3) is 0 Å². The standard InChI is InChI=1S/C40H43N3O5S/c1-29-38(27-43(2)24-22-36-11-6-7-23-41-36)47-40(48-39(29)33-16-14-30(28-44)15-17-33)34-20-18-32(19-21-34)35-10-8-9-31(25-35)26-42-49(45,46)37-12-4-3-5-13-37/h3-21,23,25,29,38-40,42,44H,22,24,26-28H2,1-2H3/t29-,38+,39+,40+/m0/s1. The van der Waals surface area contributed by atoms with Crippen molar-refractivity contribution in [1.82, 2.24) is 14.6 Å². The maximum Gasteiger partial charge on any atom is 0.240 e. The summed E-state index contributed by atoms with van der Waals surface area (Å²) in [5.41, 5.74) is 6.74. The smallest absolute Gasteiger partial charge is 0.240 e. The van der Waals surface area contributed by atoms with E-state index in [9.17, 15) is 13.5 Å². The zero-order chi connectivity index (χ0) is 34.2. The molecule has 1 aliphatic heterocycles. The lowest BCUT2D eigenvalue weighted by Gasteiger charge is -2.42. The van der Waals surface area contributed by atoms with Crippen LogP contribution in [-0.4, -0.2) is 49.6 Å². The summed E-state index contributed by atoms with van der Waals surface area (Å²) >= 11 is 0. The maximum absolute atomic E-state index is 12.7. The first-order valence-electron chi connectivity index (χ1n) is 16.6. The van der Waals surface area contributed by atoms with Crippen molar-refractivity contribution in [3.63, 3.8) is 0 Å². The summed E-state index contributed by atoms with van der Waals surface area (Å²) < 4.78 is 41.5. The fourth-order valence-electron chi connectivity index (χ4n) is 6.13. The number of benzene rings is 4. The first-order chi connectivity index (χ1) is 23.8. The number of aromatic nitrogens is 1.